The third-order valence-electron chi connectivity index (χ3n) is 5.88. The highest BCUT2D eigenvalue weighted by molar-refractivity contribution is 5.98. The summed E-state index contributed by atoms with van der Waals surface area (Å²) >= 11 is 0. The number of aromatic nitrogens is 1. The molecule has 5 rings (SSSR count). The third kappa shape index (κ3) is 2.41. The zero-order valence-corrected chi connectivity index (χ0v) is 14.7. The molecule has 1 aromatic heterocycles. The lowest BCUT2D eigenvalue weighted by Crippen LogP contribution is -2.31. The first-order valence-electron chi connectivity index (χ1n) is 9.29. The van der Waals surface area contributed by atoms with Crippen LogP contribution < -0.4 is 16.1 Å². The Morgan fingerprint density at radius 3 is 2.78 bits per heavy atom. The second-order valence-corrected chi connectivity index (χ2v) is 7.77. The molecule has 27 heavy (non-hydrogen) atoms. The van der Waals surface area contributed by atoms with Crippen LogP contribution in [0.1, 0.15) is 47.6 Å². The second-order valence-electron chi connectivity index (χ2n) is 7.77. The Morgan fingerprint density at radius 2 is 2.07 bits per heavy atom. The predicted octanol–water partition coefficient (Wildman–Crippen LogP) is 2.50. The minimum absolute atomic E-state index is 0.00976. The Labute approximate surface area is 154 Å². The summed E-state index contributed by atoms with van der Waals surface area (Å²) in [4.78, 5) is 26.3. The lowest BCUT2D eigenvalue weighted by Gasteiger charge is -2.27. The minimum Gasteiger partial charge on any atom is -0.477 e. The Bertz CT molecular complexity index is 1070. The van der Waals surface area contributed by atoms with E-state index >= 15 is 4.39 Å². The molecular formula is C20H20FN3O3. The molecule has 0 bridgehead atoms. The summed E-state index contributed by atoms with van der Waals surface area (Å²) in [5.41, 5.74) is 6.93. The first kappa shape index (κ1) is 16.5. The molecule has 0 unspecified atom stereocenters. The number of carboxylic acid groups (broad SMARTS) is 1. The second kappa shape index (κ2) is 5.66. The van der Waals surface area contributed by atoms with Gasteiger partial charge >= 0.3 is 5.97 Å². The van der Waals surface area contributed by atoms with Gasteiger partial charge in [0.2, 0.25) is 5.43 Å². The summed E-state index contributed by atoms with van der Waals surface area (Å²) in [6, 6.07) is 1.49. The molecule has 2 atom stereocenters. The van der Waals surface area contributed by atoms with Crippen molar-refractivity contribution in [3.05, 3.63) is 45.5 Å². The number of halogens is 1. The van der Waals surface area contributed by atoms with Crippen LogP contribution in [0.4, 0.5) is 10.1 Å². The molecule has 140 valence electrons. The number of benzene rings is 1. The van der Waals surface area contributed by atoms with Crippen LogP contribution in [0.2, 0.25) is 0 Å². The number of carboxylic acids is 1. The number of hydrogen-bond donors (Lipinski definition) is 2. The maximum atomic E-state index is 15.2. The van der Waals surface area contributed by atoms with Crippen LogP contribution in [-0.2, 0) is 0 Å². The molecule has 0 spiro atoms. The fourth-order valence-electron chi connectivity index (χ4n) is 4.54. The highest BCUT2D eigenvalue weighted by atomic mass is 19.1. The summed E-state index contributed by atoms with van der Waals surface area (Å²) in [5, 5.41) is 9.54. The topological polar surface area (TPSA) is 88.6 Å². The van der Waals surface area contributed by atoms with Gasteiger partial charge in [-0.3, -0.25) is 4.79 Å². The van der Waals surface area contributed by atoms with Crippen LogP contribution in [0.3, 0.4) is 0 Å². The molecule has 1 saturated carbocycles. The van der Waals surface area contributed by atoms with Crippen molar-refractivity contribution < 1.29 is 14.3 Å². The lowest BCUT2D eigenvalue weighted by atomic mass is 10.0. The van der Waals surface area contributed by atoms with E-state index in [4.69, 9.17) is 5.73 Å². The van der Waals surface area contributed by atoms with Crippen molar-refractivity contribution in [3.8, 4) is 0 Å². The number of pyridine rings is 1. The van der Waals surface area contributed by atoms with E-state index in [0.29, 0.717) is 23.3 Å². The molecule has 2 aromatic rings. The monoisotopic (exact) mass is 369 g/mol. The number of anilines is 1. The highest BCUT2D eigenvalue weighted by Gasteiger charge is 2.36. The minimum atomic E-state index is -1.28. The molecule has 1 aliphatic carbocycles. The van der Waals surface area contributed by atoms with E-state index in [9.17, 15) is 14.7 Å². The van der Waals surface area contributed by atoms with Gasteiger partial charge in [0.1, 0.15) is 11.4 Å². The largest absolute Gasteiger partial charge is 0.477 e. The molecule has 0 amide bonds. The molecule has 6 nitrogen and oxygen atoms in total. The van der Waals surface area contributed by atoms with Crippen molar-refractivity contribution >= 4 is 28.6 Å². The van der Waals surface area contributed by atoms with Crippen LogP contribution in [0, 0.1) is 5.82 Å². The Hall–Kier alpha value is -2.67. The Balaban J connectivity index is 1.88. The van der Waals surface area contributed by atoms with Gasteiger partial charge in [-0.1, -0.05) is 12.2 Å². The molecule has 3 N–H and O–H groups in total. The van der Waals surface area contributed by atoms with E-state index in [1.807, 2.05) is 21.6 Å². The van der Waals surface area contributed by atoms with Gasteiger partial charge in [0.25, 0.3) is 0 Å². The van der Waals surface area contributed by atoms with Gasteiger partial charge in [0.05, 0.1) is 16.6 Å². The number of hydrogen-bond acceptors (Lipinski definition) is 4. The lowest BCUT2D eigenvalue weighted by molar-refractivity contribution is 0.0695. The third-order valence-corrected chi connectivity index (χ3v) is 5.88. The Morgan fingerprint density at radius 1 is 1.30 bits per heavy atom. The predicted molar refractivity (Wildman–Crippen MR) is 101 cm³/mol. The summed E-state index contributed by atoms with van der Waals surface area (Å²) in [5.74, 6) is -1.78. The number of carbonyl (C=O) groups is 1. The summed E-state index contributed by atoms with van der Waals surface area (Å²) in [6.45, 7) is 0.572. The number of rotatable bonds is 2. The van der Waals surface area contributed by atoms with Gasteiger partial charge in [-0.25, -0.2) is 9.18 Å². The van der Waals surface area contributed by atoms with Crippen molar-refractivity contribution in [1.29, 1.82) is 0 Å². The summed E-state index contributed by atoms with van der Waals surface area (Å²) in [6.07, 6.45) is 8.72. The normalized spacial score (nSPS) is 24.0. The molecule has 2 aliphatic heterocycles. The summed E-state index contributed by atoms with van der Waals surface area (Å²) in [7, 11) is 0. The van der Waals surface area contributed by atoms with Crippen LogP contribution in [0.5, 0.6) is 0 Å². The van der Waals surface area contributed by atoms with Crippen LogP contribution >= 0.6 is 0 Å². The van der Waals surface area contributed by atoms with E-state index in [0.717, 1.165) is 25.7 Å². The fourth-order valence-corrected chi connectivity index (χ4v) is 4.54. The SMILES string of the molecule is N[C@H]1C[C@H]2CC=Cc3c(c(F)cc4c(=O)c(C(=O)O)cn(C5CC5)c34)N2C1. The fraction of sp³-hybridized carbons (Fsp3) is 0.400. The van der Waals surface area contributed by atoms with Crippen molar-refractivity contribution in [1.82, 2.24) is 4.57 Å². The highest BCUT2D eigenvalue weighted by Crippen LogP contribution is 2.43. The molecule has 7 heteroatoms. The smallest absolute Gasteiger partial charge is 0.341 e. The van der Waals surface area contributed by atoms with Gasteiger partial charge in [-0.15, -0.1) is 0 Å². The van der Waals surface area contributed by atoms with Crippen molar-refractivity contribution in [2.75, 3.05) is 11.4 Å². The molecular weight excluding hydrogens is 349 g/mol. The Kier molecular flexibility index (Phi) is 3.46. The first-order valence-corrected chi connectivity index (χ1v) is 9.29. The van der Waals surface area contributed by atoms with Crippen LogP contribution in [0.25, 0.3) is 17.0 Å². The molecule has 2 fully saturated rings. The van der Waals surface area contributed by atoms with Gasteiger partial charge < -0.3 is 20.3 Å². The van der Waals surface area contributed by atoms with E-state index in [1.54, 1.807) is 0 Å². The number of nitrogens with zero attached hydrogens (tertiary/aromatic N) is 2. The van der Waals surface area contributed by atoms with Crippen LogP contribution in [0.15, 0.2) is 23.1 Å². The van der Waals surface area contributed by atoms with Crippen LogP contribution in [-0.4, -0.2) is 34.3 Å². The van der Waals surface area contributed by atoms with Gasteiger partial charge in [0, 0.05) is 36.4 Å². The molecule has 3 aliphatic rings. The van der Waals surface area contributed by atoms with E-state index in [2.05, 4.69) is 0 Å². The maximum absolute atomic E-state index is 15.2. The average Bonchev–Trinajstić information content (AvgIpc) is 3.40. The average molecular weight is 369 g/mol. The molecule has 1 saturated heterocycles. The van der Waals surface area contributed by atoms with Gasteiger partial charge in [-0.2, -0.15) is 0 Å². The molecule has 1 aromatic carbocycles. The van der Waals surface area contributed by atoms with E-state index in [-0.39, 0.29) is 29.1 Å². The molecule has 3 heterocycles. The number of fused-ring (bicyclic) bond motifs is 5. The van der Waals surface area contributed by atoms with E-state index < -0.39 is 17.2 Å². The zero-order valence-electron chi connectivity index (χ0n) is 14.7. The number of nitrogens with two attached hydrogens (primary N) is 1. The molecule has 0 radical (unpaired) electrons. The van der Waals surface area contributed by atoms with E-state index in [1.165, 1.54) is 12.3 Å². The first-order chi connectivity index (χ1) is 13.0. The standard InChI is InChI=1S/C20H20FN3O3/c21-16-7-14-17(24(11-4-5-11)9-15(19(14)25)20(26)27)13-3-1-2-12-6-10(22)8-23(12)18(13)16/h1,3,7,9-12H,2,4-6,8,22H2,(H,26,27)/t10-,12+/m0/s1. The van der Waals surface area contributed by atoms with Crippen molar-refractivity contribution in [2.45, 2.75) is 43.8 Å². The van der Waals surface area contributed by atoms with Crippen molar-refractivity contribution in [3.63, 3.8) is 0 Å². The van der Waals surface area contributed by atoms with Gasteiger partial charge in [0.15, 0.2) is 0 Å². The quantitative estimate of drug-likeness (QED) is 0.849. The summed E-state index contributed by atoms with van der Waals surface area (Å²) < 4.78 is 17.1. The van der Waals surface area contributed by atoms with Crippen molar-refractivity contribution in [2.24, 2.45) is 5.73 Å². The zero-order chi connectivity index (χ0) is 18.9. The van der Waals surface area contributed by atoms with Gasteiger partial charge in [-0.05, 0) is 31.7 Å². The maximum Gasteiger partial charge on any atom is 0.341 e. The number of aromatic carboxylic acids is 1.